The van der Waals surface area contributed by atoms with E-state index in [0.717, 1.165) is 30.7 Å². The van der Waals surface area contributed by atoms with Crippen LogP contribution in [0.4, 0.5) is 20.2 Å². The number of hydrogen-bond acceptors (Lipinski definition) is 11. The summed E-state index contributed by atoms with van der Waals surface area (Å²) in [5.74, 6) is -2.28. The van der Waals surface area contributed by atoms with Crippen LogP contribution in [0.25, 0.3) is 11.4 Å². The Morgan fingerprint density at radius 1 is 0.737 bits per heavy atom. The van der Waals surface area contributed by atoms with E-state index in [9.17, 15) is 48.5 Å². The summed E-state index contributed by atoms with van der Waals surface area (Å²) in [5.41, 5.74) is 0.124. The minimum absolute atomic E-state index is 0.137. The highest BCUT2D eigenvalue weighted by Crippen LogP contribution is 2.30. The number of carboxylic acid groups (broad SMARTS) is 1. The van der Waals surface area contributed by atoms with Crippen LogP contribution in [0.3, 0.4) is 0 Å². The van der Waals surface area contributed by atoms with Gasteiger partial charge in [0.25, 0.3) is 30.2 Å². The van der Waals surface area contributed by atoms with Crippen molar-refractivity contribution in [2.75, 3.05) is 22.5 Å². The summed E-state index contributed by atoms with van der Waals surface area (Å²) < 4.78 is 126. The number of aromatic nitrogens is 4. The van der Waals surface area contributed by atoms with Gasteiger partial charge >= 0.3 is 5.97 Å². The van der Waals surface area contributed by atoms with E-state index in [2.05, 4.69) is 19.6 Å². The second-order valence-electron chi connectivity index (χ2n) is 12.7. The number of anilines is 2. The fourth-order valence-electron chi connectivity index (χ4n) is 5.77. The lowest BCUT2D eigenvalue weighted by Gasteiger charge is -2.39. The molecule has 4 aromatic carbocycles. The average Bonchev–Trinajstić information content (AvgIpc) is 3.84. The molecule has 4 N–H and O–H groups in total. The standard InChI is InChI=1S/C35H29F2N7O10S3/c36-23-2-6-25(7-3-23)43-20-29(15-38-43)55(47,48)40-32-12-10-27(14-31(32)35(45)46)54-28-18-42(19-28)17-22-1-11-33(34(13-22)57(51,52)53)41-56(49,50)30-16-39-44(21-30)26-8-4-24(37)5-9-26/h1-16,20-21,28,40-41H,17-19H2,(H,45,46)(H,51,52,53). The van der Waals surface area contributed by atoms with Gasteiger partial charge < -0.3 is 9.84 Å². The first kappa shape index (κ1) is 39.1. The predicted molar refractivity (Wildman–Crippen MR) is 198 cm³/mol. The van der Waals surface area contributed by atoms with E-state index in [1.165, 1.54) is 88.4 Å². The number of ether oxygens (including phenoxy) is 1. The maximum absolute atomic E-state index is 13.3. The maximum Gasteiger partial charge on any atom is 0.337 e. The summed E-state index contributed by atoms with van der Waals surface area (Å²) in [5, 5.41) is 17.8. The van der Waals surface area contributed by atoms with E-state index in [1.807, 2.05) is 4.90 Å². The summed E-state index contributed by atoms with van der Waals surface area (Å²) in [6.45, 7) is 0.781. The van der Waals surface area contributed by atoms with Gasteiger partial charge in [-0.25, -0.2) is 39.8 Å². The molecule has 17 nitrogen and oxygen atoms in total. The maximum atomic E-state index is 13.3. The first-order valence-electron chi connectivity index (χ1n) is 16.5. The van der Waals surface area contributed by atoms with Crippen molar-refractivity contribution in [2.45, 2.75) is 27.3 Å². The van der Waals surface area contributed by atoms with Gasteiger partial charge in [-0.1, -0.05) is 6.07 Å². The van der Waals surface area contributed by atoms with E-state index in [-0.39, 0.29) is 27.8 Å². The Balaban J connectivity index is 0.980. The van der Waals surface area contributed by atoms with Crippen molar-refractivity contribution in [3.8, 4) is 17.1 Å². The van der Waals surface area contributed by atoms with Gasteiger partial charge in [0.2, 0.25) is 0 Å². The summed E-state index contributed by atoms with van der Waals surface area (Å²) in [4.78, 5) is 12.7. The van der Waals surface area contributed by atoms with Crippen LogP contribution in [0.5, 0.6) is 5.75 Å². The van der Waals surface area contributed by atoms with E-state index >= 15 is 0 Å². The molecule has 0 atom stereocenters. The summed E-state index contributed by atoms with van der Waals surface area (Å²) in [6, 6.07) is 17.9. The molecule has 1 fully saturated rings. The van der Waals surface area contributed by atoms with Crippen molar-refractivity contribution in [3.05, 3.63) is 132 Å². The number of carbonyl (C=O) groups is 1. The molecular weight excluding hydrogens is 813 g/mol. The van der Waals surface area contributed by atoms with Gasteiger partial charge in [-0.15, -0.1) is 0 Å². The Hall–Kier alpha value is -6.20. The molecule has 3 heterocycles. The van der Waals surface area contributed by atoms with Gasteiger partial charge in [0.15, 0.2) is 0 Å². The molecule has 22 heteroatoms. The van der Waals surface area contributed by atoms with Crippen molar-refractivity contribution in [2.24, 2.45) is 0 Å². The van der Waals surface area contributed by atoms with Crippen LogP contribution in [0, 0.1) is 11.6 Å². The molecule has 296 valence electrons. The zero-order valence-electron chi connectivity index (χ0n) is 29.0. The van der Waals surface area contributed by atoms with Gasteiger partial charge in [-0.3, -0.25) is 18.9 Å². The quantitative estimate of drug-likeness (QED) is 0.113. The highest BCUT2D eigenvalue weighted by Gasteiger charge is 2.30. The molecule has 7 rings (SSSR count). The van der Waals surface area contributed by atoms with Crippen molar-refractivity contribution >= 4 is 47.5 Å². The van der Waals surface area contributed by atoms with Gasteiger partial charge in [0.05, 0.1) is 53.1 Å². The Morgan fingerprint density at radius 3 is 1.75 bits per heavy atom. The number of likely N-dealkylation sites (tertiary alicyclic amines) is 1. The van der Waals surface area contributed by atoms with Crippen molar-refractivity contribution in [3.63, 3.8) is 0 Å². The van der Waals surface area contributed by atoms with E-state index < -0.39 is 70.0 Å². The Kier molecular flexibility index (Phi) is 10.3. The Morgan fingerprint density at radius 2 is 1.25 bits per heavy atom. The van der Waals surface area contributed by atoms with Gasteiger partial charge in [0.1, 0.15) is 38.2 Å². The molecule has 1 aliphatic heterocycles. The molecule has 1 aliphatic rings. The van der Waals surface area contributed by atoms with Crippen LogP contribution in [-0.4, -0.2) is 84.5 Å². The third kappa shape index (κ3) is 8.79. The fraction of sp³-hybridized carbons (Fsp3) is 0.114. The molecule has 2 aromatic heterocycles. The monoisotopic (exact) mass is 841 g/mol. The summed E-state index contributed by atoms with van der Waals surface area (Å²) in [6.07, 6.45) is 3.97. The Labute approximate surface area is 323 Å². The number of sulfonamides is 2. The zero-order chi connectivity index (χ0) is 40.7. The SMILES string of the molecule is O=C(O)c1cc(OC2CN(Cc3ccc(NS(=O)(=O)c4cnn(-c5ccc(F)cc5)c4)c(S(=O)(=O)O)c3)C2)ccc1NS(=O)(=O)c1cnn(-c2ccc(F)cc2)c1. The van der Waals surface area contributed by atoms with Crippen LogP contribution in [0.1, 0.15) is 15.9 Å². The summed E-state index contributed by atoms with van der Waals surface area (Å²) in [7, 11) is -13.6. The smallest absolute Gasteiger partial charge is 0.337 e. The minimum Gasteiger partial charge on any atom is -0.488 e. The number of rotatable bonds is 14. The van der Waals surface area contributed by atoms with Gasteiger partial charge in [-0.2, -0.15) is 18.6 Å². The zero-order valence-corrected chi connectivity index (χ0v) is 31.4. The molecule has 0 amide bonds. The number of aromatic carboxylic acids is 1. The van der Waals surface area contributed by atoms with Crippen LogP contribution in [0.15, 0.2) is 124 Å². The van der Waals surface area contributed by atoms with E-state index in [1.54, 1.807) is 0 Å². The lowest BCUT2D eigenvalue weighted by Crippen LogP contribution is -2.53. The second-order valence-corrected chi connectivity index (χ2v) is 17.4. The van der Waals surface area contributed by atoms with Gasteiger partial charge in [0, 0.05) is 19.6 Å². The third-order valence-electron chi connectivity index (χ3n) is 8.59. The molecule has 0 bridgehead atoms. The number of hydrogen-bond donors (Lipinski definition) is 4. The second kappa shape index (κ2) is 15.0. The topological polar surface area (TPSA) is 232 Å². The number of halogens is 2. The molecule has 0 saturated carbocycles. The highest BCUT2D eigenvalue weighted by atomic mass is 32.2. The van der Waals surface area contributed by atoms with Crippen LogP contribution in [-0.2, 0) is 36.7 Å². The number of nitrogens with zero attached hydrogens (tertiary/aromatic N) is 5. The van der Waals surface area contributed by atoms with Crippen LogP contribution >= 0.6 is 0 Å². The molecule has 0 unspecified atom stereocenters. The van der Waals surface area contributed by atoms with Crippen LogP contribution in [0.2, 0.25) is 0 Å². The molecule has 57 heavy (non-hydrogen) atoms. The molecule has 0 spiro atoms. The first-order chi connectivity index (χ1) is 26.9. The normalized spacial score (nSPS) is 13.9. The lowest BCUT2D eigenvalue weighted by atomic mass is 10.1. The number of benzene rings is 4. The molecular formula is C35H29F2N7O10S3. The largest absolute Gasteiger partial charge is 0.488 e. The van der Waals surface area contributed by atoms with Crippen LogP contribution < -0.4 is 14.2 Å². The molecule has 6 aromatic rings. The molecule has 1 saturated heterocycles. The molecule has 0 aliphatic carbocycles. The predicted octanol–water partition coefficient (Wildman–Crippen LogP) is 4.15. The number of carboxylic acids is 1. The van der Waals surface area contributed by atoms with E-state index in [0.29, 0.717) is 30.0 Å². The third-order valence-corrected chi connectivity index (χ3v) is 12.1. The fourth-order valence-corrected chi connectivity index (χ4v) is 8.55. The van der Waals surface area contributed by atoms with Crippen molar-refractivity contribution in [1.82, 2.24) is 24.5 Å². The highest BCUT2D eigenvalue weighted by molar-refractivity contribution is 7.93. The lowest BCUT2D eigenvalue weighted by molar-refractivity contribution is 0.0144. The van der Waals surface area contributed by atoms with Gasteiger partial charge in [-0.05, 0) is 84.4 Å². The Bertz CT molecular complexity index is 2830. The van der Waals surface area contributed by atoms with E-state index in [4.69, 9.17) is 4.74 Å². The molecule has 0 radical (unpaired) electrons. The average molecular weight is 842 g/mol. The summed E-state index contributed by atoms with van der Waals surface area (Å²) >= 11 is 0. The van der Waals surface area contributed by atoms with Crippen molar-refractivity contribution < 1.29 is 53.2 Å². The minimum atomic E-state index is -4.92. The van der Waals surface area contributed by atoms with Crippen molar-refractivity contribution in [1.29, 1.82) is 0 Å². The number of nitrogens with one attached hydrogen (secondary N) is 2. The first-order valence-corrected chi connectivity index (χ1v) is 20.9.